The molecule has 0 atom stereocenters. The molecule has 0 bridgehead atoms. The van der Waals surface area contributed by atoms with Crippen LogP contribution >= 0.6 is 0 Å². The molecule has 0 radical (unpaired) electrons. The van der Waals surface area contributed by atoms with Gasteiger partial charge in [0.2, 0.25) is 5.91 Å². The van der Waals surface area contributed by atoms with Crippen molar-refractivity contribution in [3.05, 3.63) is 35.6 Å². The normalized spacial score (nSPS) is 12.2. The fourth-order valence-electron chi connectivity index (χ4n) is 1.54. The van der Waals surface area contributed by atoms with E-state index >= 15 is 0 Å². The summed E-state index contributed by atoms with van der Waals surface area (Å²) in [5.41, 5.74) is 0.515. The van der Waals surface area contributed by atoms with Gasteiger partial charge >= 0.3 is 11.9 Å². The standard InChI is InChI=1S/C16H23NO5/c1-5-8-10-12(16(20)21-4)13(9-6-2)17-14(18)11-15(19)22-7-3/h5,8-10H,6-7,11H2,1-4H3,(H,17,18)/b8-5-,12-10+,13-9-. The highest BCUT2D eigenvalue weighted by Crippen LogP contribution is 2.11. The third kappa shape index (κ3) is 7.42. The van der Waals surface area contributed by atoms with Gasteiger partial charge in [-0.15, -0.1) is 0 Å². The van der Waals surface area contributed by atoms with Gasteiger partial charge in [0.15, 0.2) is 0 Å². The van der Waals surface area contributed by atoms with E-state index in [1.54, 1.807) is 32.1 Å². The number of hydrogen-bond donors (Lipinski definition) is 1. The van der Waals surface area contributed by atoms with Crippen LogP contribution in [0.4, 0.5) is 0 Å². The predicted molar refractivity (Wildman–Crippen MR) is 82.7 cm³/mol. The smallest absolute Gasteiger partial charge is 0.339 e. The summed E-state index contributed by atoms with van der Waals surface area (Å²) >= 11 is 0. The van der Waals surface area contributed by atoms with Crippen LogP contribution in [0, 0.1) is 0 Å². The number of hydrogen-bond acceptors (Lipinski definition) is 5. The Kier molecular flexibility index (Phi) is 10.1. The lowest BCUT2D eigenvalue weighted by atomic mass is 10.1. The molecule has 1 N–H and O–H groups in total. The monoisotopic (exact) mass is 309 g/mol. The van der Waals surface area contributed by atoms with E-state index < -0.39 is 24.3 Å². The predicted octanol–water partition coefficient (Wildman–Crippen LogP) is 2.03. The van der Waals surface area contributed by atoms with Crippen molar-refractivity contribution in [1.29, 1.82) is 0 Å². The summed E-state index contributed by atoms with van der Waals surface area (Å²) in [5, 5.41) is 2.55. The van der Waals surface area contributed by atoms with Crippen LogP contribution in [-0.4, -0.2) is 31.6 Å². The maximum absolute atomic E-state index is 11.9. The number of carbonyl (C=O) groups excluding carboxylic acids is 3. The highest BCUT2D eigenvalue weighted by atomic mass is 16.5. The van der Waals surface area contributed by atoms with E-state index in [0.29, 0.717) is 12.1 Å². The molecule has 0 fully saturated rings. The Morgan fingerprint density at radius 3 is 2.36 bits per heavy atom. The summed E-state index contributed by atoms with van der Waals surface area (Å²) in [6.45, 7) is 5.53. The van der Waals surface area contributed by atoms with Crippen molar-refractivity contribution in [2.24, 2.45) is 0 Å². The van der Waals surface area contributed by atoms with Crippen LogP contribution < -0.4 is 5.32 Å². The van der Waals surface area contributed by atoms with Gasteiger partial charge in [-0.1, -0.05) is 25.2 Å². The number of ether oxygens (including phenoxy) is 2. The van der Waals surface area contributed by atoms with Gasteiger partial charge in [0.1, 0.15) is 6.42 Å². The first-order chi connectivity index (χ1) is 10.5. The lowest BCUT2D eigenvalue weighted by Crippen LogP contribution is -2.28. The van der Waals surface area contributed by atoms with Gasteiger partial charge in [-0.3, -0.25) is 9.59 Å². The number of amides is 1. The Bertz CT molecular complexity index is 489. The molecule has 0 aromatic heterocycles. The molecule has 0 unspecified atom stereocenters. The summed E-state index contributed by atoms with van der Waals surface area (Å²) < 4.78 is 9.42. The van der Waals surface area contributed by atoms with Crippen LogP contribution in [0.25, 0.3) is 0 Å². The molecular weight excluding hydrogens is 286 g/mol. The maximum atomic E-state index is 11.9. The first kappa shape index (κ1) is 19.6. The average Bonchev–Trinajstić information content (AvgIpc) is 2.47. The number of esters is 2. The molecule has 22 heavy (non-hydrogen) atoms. The summed E-state index contributed by atoms with van der Waals surface area (Å²) in [5.74, 6) is -1.74. The Hall–Kier alpha value is -2.37. The van der Waals surface area contributed by atoms with Crippen LogP contribution in [0.15, 0.2) is 35.6 Å². The third-order valence-electron chi connectivity index (χ3n) is 2.44. The molecule has 6 heteroatoms. The lowest BCUT2D eigenvalue weighted by molar-refractivity contribution is -0.145. The first-order valence-corrected chi connectivity index (χ1v) is 7.07. The van der Waals surface area contributed by atoms with Gasteiger partial charge in [-0.2, -0.15) is 0 Å². The van der Waals surface area contributed by atoms with Gasteiger partial charge in [0.25, 0.3) is 0 Å². The summed E-state index contributed by atoms with van der Waals surface area (Å²) in [4.78, 5) is 35.0. The molecule has 0 rings (SSSR count). The Labute approximate surface area is 130 Å². The SMILES string of the molecule is C\C=C/C=C(C(=O)OC)\C(=C\CC)NC(=O)CC(=O)OCC. The lowest BCUT2D eigenvalue weighted by Gasteiger charge is -2.12. The molecule has 0 spiro atoms. The van der Waals surface area contributed by atoms with Crippen molar-refractivity contribution >= 4 is 17.8 Å². The highest BCUT2D eigenvalue weighted by molar-refractivity contribution is 5.99. The molecular formula is C16H23NO5. The topological polar surface area (TPSA) is 81.7 Å². The number of carbonyl (C=O) groups is 3. The van der Waals surface area contributed by atoms with Crippen molar-refractivity contribution in [3.63, 3.8) is 0 Å². The molecule has 0 saturated heterocycles. The number of nitrogens with one attached hydrogen (secondary N) is 1. The number of rotatable bonds is 8. The molecule has 6 nitrogen and oxygen atoms in total. The number of methoxy groups -OCH3 is 1. The largest absolute Gasteiger partial charge is 0.466 e. The second-order valence-electron chi connectivity index (χ2n) is 4.15. The second-order valence-corrected chi connectivity index (χ2v) is 4.15. The zero-order valence-corrected chi connectivity index (χ0v) is 13.5. The van der Waals surface area contributed by atoms with Gasteiger partial charge in [0.05, 0.1) is 25.0 Å². The van der Waals surface area contributed by atoms with Crippen LogP contribution in [0.3, 0.4) is 0 Å². The second kappa shape index (κ2) is 11.3. The molecule has 122 valence electrons. The van der Waals surface area contributed by atoms with Crippen molar-refractivity contribution in [3.8, 4) is 0 Å². The molecule has 0 aliphatic carbocycles. The zero-order valence-electron chi connectivity index (χ0n) is 13.5. The number of allylic oxidation sites excluding steroid dienone is 4. The zero-order chi connectivity index (χ0) is 17.0. The summed E-state index contributed by atoms with van der Waals surface area (Å²) in [7, 11) is 1.26. The van der Waals surface area contributed by atoms with Gasteiger partial charge in [-0.05, 0) is 26.3 Å². The van der Waals surface area contributed by atoms with Crippen molar-refractivity contribution in [2.45, 2.75) is 33.6 Å². The fraction of sp³-hybridized carbons (Fsp3) is 0.438. The fourth-order valence-corrected chi connectivity index (χ4v) is 1.54. The molecule has 0 aliphatic heterocycles. The Morgan fingerprint density at radius 2 is 1.86 bits per heavy atom. The summed E-state index contributed by atoms with van der Waals surface area (Å²) in [6, 6.07) is 0. The van der Waals surface area contributed by atoms with Crippen molar-refractivity contribution < 1.29 is 23.9 Å². The minimum atomic E-state index is -0.618. The van der Waals surface area contributed by atoms with E-state index in [2.05, 4.69) is 5.32 Å². The van der Waals surface area contributed by atoms with E-state index in [0.717, 1.165) is 0 Å². The average molecular weight is 309 g/mol. The van der Waals surface area contributed by atoms with E-state index in [4.69, 9.17) is 9.47 Å². The molecule has 1 amide bonds. The third-order valence-corrected chi connectivity index (χ3v) is 2.44. The minimum Gasteiger partial charge on any atom is -0.466 e. The van der Waals surface area contributed by atoms with E-state index in [-0.39, 0.29) is 12.2 Å². The quantitative estimate of drug-likeness (QED) is 0.321. The van der Waals surface area contributed by atoms with Crippen LogP contribution in [0.2, 0.25) is 0 Å². The molecule has 0 aromatic carbocycles. The van der Waals surface area contributed by atoms with Gasteiger partial charge < -0.3 is 14.8 Å². The molecule has 0 aliphatic rings. The highest BCUT2D eigenvalue weighted by Gasteiger charge is 2.18. The van der Waals surface area contributed by atoms with E-state index in [9.17, 15) is 14.4 Å². The van der Waals surface area contributed by atoms with Crippen LogP contribution in [0.1, 0.15) is 33.6 Å². The van der Waals surface area contributed by atoms with Crippen molar-refractivity contribution in [1.82, 2.24) is 5.32 Å². The minimum absolute atomic E-state index is 0.207. The van der Waals surface area contributed by atoms with Gasteiger partial charge in [0, 0.05) is 0 Å². The molecule has 0 aromatic rings. The summed E-state index contributed by atoms with van der Waals surface area (Å²) in [6.07, 6.45) is 6.81. The Morgan fingerprint density at radius 1 is 1.18 bits per heavy atom. The van der Waals surface area contributed by atoms with E-state index in [1.165, 1.54) is 13.2 Å². The Balaban J connectivity index is 5.19. The van der Waals surface area contributed by atoms with Gasteiger partial charge in [-0.25, -0.2) is 4.79 Å². The maximum Gasteiger partial charge on any atom is 0.339 e. The van der Waals surface area contributed by atoms with E-state index in [1.807, 2.05) is 6.92 Å². The molecule has 0 heterocycles. The van der Waals surface area contributed by atoms with Crippen molar-refractivity contribution in [2.75, 3.05) is 13.7 Å². The first-order valence-electron chi connectivity index (χ1n) is 7.07. The van der Waals surface area contributed by atoms with Crippen LogP contribution in [-0.2, 0) is 23.9 Å². The molecule has 0 saturated carbocycles. The van der Waals surface area contributed by atoms with Crippen LogP contribution in [0.5, 0.6) is 0 Å².